The van der Waals surface area contributed by atoms with E-state index in [1.165, 1.54) is 19.3 Å². The number of aryl methyl sites for hydroxylation is 1. The van der Waals surface area contributed by atoms with Gasteiger partial charge in [-0.15, -0.1) is 0 Å². The predicted octanol–water partition coefficient (Wildman–Crippen LogP) is 3.03. The monoisotopic (exact) mass is 247 g/mol. The van der Waals surface area contributed by atoms with Crippen molar-refractivity contribution < 1.29 is 4.79 Å². The average Bonchev–Trinajstić information content (AvgIpc) is 2.34. The van der Waals surface area contributed by atoms with Crippen molar-refractivity contribution in [3.05, 3.63) is 23.8 Å². The maximum absolute atomic E-state index is 11.8. The molecule has 1 aromatic carbocycles. The van der Waals surface area contributed by atoms with E-state index < -0.39 is 0 Å². The number of amides is 2. The van der Waals surface area contributed by atoms with E-state index in [1.54, 1.807) is 0 Å². The second-order valence-electron chi connectivity index (χ2n) is 5.02. The van der Waals surface area contributed by atoms with Gasteiger partial charge in [-0.3, -0.25) is 0 Å². The van der Waals surface area contributed by atoms with Crippen LogP contribution in [0.2, 0.25) is 0 Å². The van der Waals surface area contributed by atoms with E-state index in [4.69, 9.17) is 5.73 Å². The number of urea groups is 1. The van der Waals surface area contributed by atoms with Gasteiger partial charge in [0.2, 0.25) is 0 Å². The Morgan fingerprint density at radius 1 is 1.28 bits per heavy atom. The average molecular weight is 247 g/mol. The molecule has 4 N–H and O–H groups in total. The Morgan fingerprint density at radius 2 is 2.00 bits per heavy atom. The number of nitrogens with one attached hydrogen (secondary N) is 2. The molecular weight excluding hydrogens is 226 g/mol. The summed E-state index contributed by atoms with van der Waals surface area (Å²) >= 11 is 0. The number of nitrogens with two attached hydrogens (primary N) is 1. The van der Waals surface area contributed by atoms with Crippen molar-refractivity contribution in [3.63, 3.8) is 0 Å². The molecule has 0 aliphatic heterocycles. The third-order valence-electron chi connectivity index (χ3n) is 3.40. The van der Waals surface area contributed by atoms with Gasteiger partial charge in [0.1, 0.15) is 0 Å². The number of hydrogen-bond donors (Lipinski definition) is 3. The van der Waals surface area contributed by atoms with Crippen LogP contribution in [0.25, 0.3) is 0 Å². The van der Waals surface area contributed by atoms with Crippen LogP contribution in [0.4, 0.5) is 16.2 Å². The molecule has 1 saturated carbocycles. The van der Waals surface area contributed by atoms with Crippen LogP contribution in [-0.2, 0) is 0 Å². The van der Waals surface area contributed by atoms with Gasteiger partial charge in [0.25, 0.3) is 0 Å². The lowest BCUT2D eigenvalue weighted by Crippen LogP contribution is -2.39. The summed E-state index contributed by atoms with van der Waals surface area (Å²) in [6.07, 6.45) is 5.85. The molecule has 0 radical (unpaired) electrons. The van der Waals surface area contributed by atoms with Crippen molar-refractivity contribution in [2.75, 3.05) is 11.1 Å². The van der Waals surface area contributed by atoms with E-state index >= 15 is 0 Å². The Labute approximate surface area is 108 Å². The number of carbonyl (C=O) groups is 1. The standard InChI is InChI=1S/C14H21N3O/c1-10-7-8-13(12(15)9-10)17-14(18)16-11-5-3-2-4-6-11/h7-9,11H,2-6,15H2,1H3,(H2,16,17,18). The molecule has 0 bridgehead atoms. The summed E-state index contributed by atoms with van der Waals surface area (Å²) in [6, 6.07) is 5.79. The van der Waals surface area contributed by atoms with Crippen LogP contribution in [0.5, 0.6) is 0 Å². The molecule has 1 aromatic rings. The van der Waals surface area contributed by atoms with Gasteiger partial charge >= 0.3 is 6.03 Å². The Hall–Kier alpha value is -1.71. The first kappa shape index (κ1) is 12.7. The summed E-state index contributed by atoms with van der Waals surface area (Å²) in [7, 11) is 0. The first-order valence-corrected chi connectivity index (χ1v) is 6.59. The van der Waals surface area contributed by atoms with Crippen LogP contribution < -0.4 is 16.4 Å². The fraction of sp³-hybridized carbons (Fsp3) is 0.500. The Morgan fingerprint density at radius 3 is 2.67 bits per heavy atom. The predicted molar refractivity (Wildman–Crippen MR) is 74.6 cm³/mol. The molecule has 4 heteroatoms. The minimum Gasteiger partial charge on any atom is -0.397 e. The highest BCUT2D eigenvalue weighted by molar-refractivity contribution is 5.92. The SMILES string of the molecule is Cc1ccc(NC(=O)NC2CCCCC2)c(N)c1. The summed E-state index contributed by atoms with van der Waals surface area (Å²) in [6.45, 7) is 1.97. The van der Waals surface area contributed by atoms with Crippen LogP contribution in [0.15, 0.2) is 18.2 Å². The Bertz CT molecular complexity index is 425. The molecule has 0 heterocycles. The van der Waals surface area contributed by atoms with Gasteiger partial charge in [-0.25, -0.2) is 4.79 Å². The van der Waals surface area contributed by atoms with Crippen LogP contribution in [-0.4, -0.2) is 12.1 Å². The fourth-order valence-corrected chi connectivity index (χ4v) is 2.39. The van der Waals surface area contributed by atoms with Crippen molar-refractivity contribution >= 4 is 17.4 Å². The van der Waals surface area contributed by atoms with Crippen LogP contribution in [0, 0.1) is 6.92 Å². The molecule has 1 aliphatic rings. The third-order valence-corrected chi connectivity index (χ3v) is 3.40. The number of rotatable bonds is 2. The summed E-state index contributed by atoms with van der Waals surface area (Å²) in [5.41, 5.74) is 8.23. The zero-order valence-electron chi connectivity index (χ0n) is 10.8. The van der Waals surface area contributed by atoms with E-state index in [0.29, 0.717) is 17.4 Å². The van der Waals surface area contributed by atoms with Crippen molar-refractivity contribution in [1.29, 1.82) is 0 Å². The molecule has 4 nitrogen and oxygen atoms in total. The fourth-order valence-electron chi connectivity index (χ4n) is 2.39. The maximum atomic E-state index is 11.8. The molecule has 1 aliphatic carbocycles. The summed E-state index contributed by atoms with van der Waals surface area (Å²) in [5, 5.41) is 5.81. The van der Waals surface area contributed by atoms with Crippen molar-refractivity contribution in [2.24, 2.45) is 0 Å². The zero-order chi connectivity index (χ0) is 13.0. The normalized spacial score (nSPS) is 16.3. The number of anilines is 2. The highest BCUT2D eigenvalue weighted by Gasteiger charge is 2.15. The van der Waals surface area contributed by atoms with E-state index in [-0.39, 0.29) is 6.03 Å². The zero-order valence-corrected chi connectivity index (χ0v) is 10.8. The second kappa shape index (κ2) is 5.76. The molecule has 0 spiro atoms. The van der Waals surface area contributed by atoms with E-state index in [2.05, 4.69) is 10.6 Å². The van der Waals surface area contributed by atoms with Crippen molar-refractivity contribution in [3.8, 4) is 0 Å². The van der Waals surface area contributed by atoms with E-state index in [9.17, 15) is 4.79 Å². The number of carbonyl (C=O) groups excluding carboxylic acids is 1. The van der Waals surface area contributed by atoms with Gasteiger partial charge in [0, 0.05) is 6.04 Å². The van der Waals surface area contributed by atoms with Gasteiger partial charge in [0.05, 0.1) is 11.4 Å². The molecule has 2 rings (SSSR count). The minimum atomic E-state index is -0.155. The molecule has 2 amide bonds. The molecule has 1 fully saturated rings. The Kier molecular flexibility index (Phi) is 4.07. The van der Waals surface area contributed by atoms with E-state index in [0.717, 1.165) is 18.4 Å². The third kappa shape index (κ3) is 3.39. The van der Waals surface area contributed by atoms with Crippen molar-refractivity contribution in [2.45, 2.75) is 45.1 Å². The van der Waals surface area contributed by atoms with Gasteiger partial charge in [-0.1, -0.05) is 25.3 Å². The smallest absolute Gasteiger partial charge is 0.319 e. The van der Waals surface area contributed by atoms with Gasteiger partial charge in [-0.05, 0) is 37.5 Å². The van der Waals surface area contributed by atoms with Crippen LogP contribution in [0.1, 0.15) is 37.7 Å². The first-order chi connectivity index (χ1) is 8.65. The highest BCUT2D eigenvalue weighted by Crippen LogP contribution is 2.20. The summed E-state index contributed by atoms with van der Waals surface area (Å²) < 4.78 is 0. The quantitative estimate of drug-likeness (QED) is 0.703. The molecule has 0 unspecified atom stereocenters. The molecule has 98 valence electrons. The van der Waals surface area contributed by atoms with Crippen LogP contribution >= 0.6 is 0 Å². The molecule has 0 atom stereocenters. The van der Waals surface area contributed by atoms with Crippen molar-refractivity contribution in [1.82, 2.24) is 5.32 Å². The molecular formula is C14H21N3O. The summed E-state index contributed by atoms with van der Waals surface area (Å²) in [5.74, 6) is 0. The van der Waals surface area contributed by atoms with E-state index in [1.807, 2.05) is 25.1 Å². The highest BCUT2D eigenvalue weighted by atomic mass is 16.2. The van der Waals surface area contributed by atoms with Gasteiger partial charge in [-0.2, -0.15) is 0 Å². The number of nitrogen functional groups attached to an aromatic ring is 1. The van der Waals surface area contributed by atoms with Gasteiger partial charge in [0.15, 0.2) is 0 Å². The second-order valence-corrected chi connectivity index (χ2v) is 5.02. The Balaban J connectivity index is 1.90. The number of hydrogen-bond acceptors (Lipinski definition) is 2. The first-order valence-electron chi connectivity index (χ1n) is 6.59. The lowest BCUT2D eigenvalue weighted by atomic mass is 9.96. The minimum absolute atomic E-state index is 0.155. The van der Waals surface area contributed by atoms with Crippen LogP contribution in [0.3, 0.4) is 0 Å². The molecule has 0 saturated heterocycles. The van der Waals surface area contributed by atoms with Gasteiger partial charge < -0.3 is 16.4 Å². The largest absolute Gasteiger partial charge is 0.397 e. The topological polar surface area (TPSA) is 67.2 Å². The lowest BCUT2D eigenvalue weighted by molar-refractivity contribution is 0.244. The lowest BCUT2D eigenvalue weighted by Gasteiger charge is -2.23. The molecule has 0 aromatic heterocycles. The number of benzene rings is 1. The maximum Gasteiger partial charge on any atom is 0.319 e. The molecule has 18 heavy (non-hydrogen) atoms. The summed E-state index contributed by atoms with van der Waals surface area (Å²) in [4.78, 5) is 11.8.